The molecule has 0 aromatic heterocycles. The third-order valence-corrected chi connectivity index (χ3v) is 5.39. The Morgan fingerprint density at radius 2 is 1.64 bits per heavy atom. The topological polar surface area (TPSA) is 112 Å². The SMILES string of the molecule is Cc1ccc(C(C(=O)NCc2ccccc2)N(CC#N)C(=O)C(NC(=O)OC(C)(C)C)C(C)C)cc1. The number of hydrogen-bond donors (Lipinski definition) is 2. The Bertz CT molecular complexity index is 1070. The zero-order chi connectivity index (χ0) is 26.9. The Labute approximate surface area is 213 Å². The number of amides is 3. The van der Waals surface area contributed by atoms with E-state index in [0.29, 0.717) is 5.56 Å². The van der Waals surface area contributed by atoms with Crippen LogP contribution in [-0.2, 0) is 20.9 Å². The molecule has 3 amide bonds. The first-order chi connectivity index (χ1) is 16.9. The van der Waals surface area contributed by atoms with Gasteiger partial charge in [-0.15, -0.1) is 0 Å². The van der Waals surface area contributed by atoms with Crippen molar-refractivity contribution in [2.45, 2.75) is 65.8 Å². The van der Waals surface area contributed by atoms with Gasteiger partial charge in [0.25, 0.3) is 0 Å². The molecule has 2 rings (SSSR count). The van der Waals surface area contributed by atoms with E-state index < -0.39 is 35.6 Å². The Morgan fingerprint density at radius 3 is 2.17 bits per heavy atom. The van der Waals surface area contributed by atoms with Crippen molar-refractivity contribution in [2.75, 3.05) is 6.54 Å². The van der Waals surface area contributed by atoms with Crippen molar-refractivity contribution in [3.63, 3.8) is 0 Å². The standard InChI is InChI=1S/C28H36N4O4/c1-19(2)23(31-27(35)36-28(4,5)6)26(34)32(17-16-29)24(22-14-12-20(3)13-15-22)25(33)30-18-21-10-8-7-9-11-21/h7-15,19,23-24H,17-18H2,1-6H3,(H,30,33)(H,31,35). The Morgan fingerprint density at radius 1 is 1.03 bits per heavy atom. The Hall–Kier alpha value is -3.86. The van der Waals surface area contributed by atoms with Gasteiger partial charge in [0.15, 0.2) is 0 Å². The van der Waals surface area contributed by atoms with E-state index in [9.17, 15) is 19.6 Å². The van der Waals surface area contributed by atoms with Crippen LogP contribution >= 0.6 is 0 Å². The second kappa shape index (κ2) is 12.7. The first-order valence-electron chi connectivity index (χ1n) is 12.0. The van der Waals surface area contributed by atoms with Crippen molar-refractivity contribution < 1.29 is 19.1 Å². The summed E-state index contributed by atoms with van der Waals surface area (Å²) in [6.07, 6.45) is -0.744. The molecule has 0 saturated carbocycles. The van der Waals surface area contributed by atoms with Crippen molar-refractivity contribution in [1.82, 2.24) is 15.5 Å². The number of carbonyl (C=O) groups excluding carboxylic acids is 3. The molecule has 0 heterocycles. The lowest BCUT2D eigenvalue weighted by molar-refractivity contribution is -0.142. The largest absolute Gasteiger partial charge is 0.444 e. The van der Waals surface area contributed by atoms with Crippen LogP contribution in [0.5, 0.6) is 0 Å². The third kappa shape index (κ3) is 8.42. The van der Waals surface area contributed by atoms with E-state index in [1.165, 1.54) is 4.90 Å². The summed E-state index contributed by atoms with van der Waals surface area (Å²) in [6.45, 7) is 10.6. The minimum absolute atomic E-state index is 0.264. The van der Waals surface area contributed by atoms with E-state index in [0.717, 1.165) is 11.1 Å². The first-order valence-corrected chi connectivity index (χ1v) is 12.0. The van der Waals surface area contributed by atoms with Crippen molar-refractivity contribution in [1.29, 1.82) is 5.26 Å². The molecule has 192 valence electrons. The minimum atomic E-state index is -1.07. The normalized spacial score (nSPS) is 12.7. The molecule has 0 spiro atoms. The van der Waals surface area contributed by atoms with Gasteiger partial charge in [-0.25, -0.2) is 4.79 Å². The van der Waals surface area contributed by atoms with Crippen LogP contribution in [0, 0.1) is 24.2 Å². The van der Waals surface area contributed by atoms with Gasteiger partial charge in [0.05, 0.1) is 6.07 Å². The monoisotopic (exact) mass is 492 g/mol. The molecule has 0 aliphatic heterocycles. The highest BCUT2D eigenvalue weighted by Gasteiger charge is 2.37. The van der Waals surface area contributed by atoms with Crippen molar-refractivity contribution >= 4 is 17.9 Å². The fourth-order valence-corrected chi connectivity index (χ4v) is 3.60. The van der Waals surface area contributed by atoms with Crippen molar-refractivity contribution in [3.05, 3.63) is 71.3 Å². The molecule has 2 N–H and O–H groups in total. The average Bonchev–Trinajstić information content (AvgIpc) is 2.81. The first kappa shape index (κ1) is 28.4. The number of rotatable bonds is 9. The van der Waals surface area contributed by atoms with Gasteiger partial charge in [-0.1, -0.05) is 74.0 Å². The van der Waals surface area contributed by atoms with Gasteiger partial charge < -0.3 is 20.3 Å². The lowest BCUT2D eigenvalue weighted by atomic mass is 9.98. The smallest absolute Gasteiger partial charge is 0.408 e. The van der Waals surface area contributed by atoms with E-state index in [-0.39, 0.29) is 19.0 Å². The molecular formula is C28H36N4O4. The van der Waals surface area contributed by atoms with Crippen LogP contribution in [0.25, 0.3) is 0 Å². The molecule has 8 nitrogen and oxygen atoms in total. The second-order valence-corrected chi connectivity index (χ2v) is 10.0. The zero-order valence-electron chi connectivity index (χ0n) is 21.9. The molecule has 8 heteroatoms. The molecular weight excluding hydrogens is 456 g/mol. The number of benzene rings is 2. The average molecular weight is 493 g/mol. The molecule has 0 bridgehead atoms. The summed E-state index contributed by atoms with van der Waals surface area (Å²) in [5, 5.41) is 15.1. The number of nitriles is 1. The number of aryl methyl sites for hydroxylation is 1. The second-order valence-electron chi connectivity index (χ2n) is 10.0. The molecule has 2 aromatic carbocycles. The van der Waals surface area contributed by atoms with Crippen molar-refractivity contribution in [2.24, 2.45) is 5.92 Å². The number of hydrogen-bond acceptors (Lipinski definition) is 5. The van der Waals surface area contributed by atoms with Gasteiger partial charge in [0, 0.05) is 6.54 Å². The summed E-state index contributed by atoms with van der Waals surface area (Å²) in [5.74, 6) is -1.29. The molecule has 0 radical (unpaired) electrons. The molecule has 0 fully saturated rings. The van der Waals surface area contributed by atoms with E-state index in [1.807, 2.05) is 55.5 Å². The van der Waals surface area contributed by atoms with Gasteiger partial charge in [0.2, 0.25) is 11.8 Å². The van der Waals surface area contributed by atoms with Crippen molar-refractivity contribution in [3.8, 4) is 6.07 Å². The van der Waals surface area contributed by atoms with Gasteiger partial charge >= 0.3 is 6.09 Å². The molecule has 2 aromatic rings. The van der Waals surface area contributed by atoms with E-state index in [2.05, 4.69) is 10.6 Å². The van der Waals surface area contributed by atoms with Gasteiger partial charge in [-0.05, 0) is 44.7 Å². The van der Waals surface area contributed by atoms with Crippen LogP contribution < -0.4 is 10.6 Å². The highest BCUT2D eigenvalue weighted by Crippen LogP contribution is 2.24. The maximum absolute atomic E-state index is 13.8. The summed E-state index contributed by atoms with van der Waals surface area (Å²) in [5.41, 5.74) is 1.71. The Balaban J connectivity index is 2.40. The summed E-state index contributed by atoms with van der Waals surface area (Å²) in [4.78, 5) is 41.0. The third-order valence-electron chi connectivity index (χ3n) is 5.39. The summed E-state index contributed by atoms with van der Waals surface area (Å²) >= 11 is 0. The number of carbonyl (C=O) groups is 3. The number of nitrogens with zero attached hydrogens (tertiary/aromatic N) is 2. The molecule has 0 aliphatic carbocycles. The van der Waals surface area contributed by atoms with Crippen LogP contribution in [0.3, 0.4) is 0 Å². The maximum Gasteiger partial charge on any atom is 0.408 e. The summed E-state index contributed by atoms with van der Waals surface area (Å²) < 4.78 is 5.34. The molecule has 2 atom stereocenters. The highest BCUT2D eigenvalue weighted by molar-refractivity contribution is 5.92. The Kier molecular flexibility index (Phi) is 10.0. The zero-order valence-corrected chi connectivity index (χ0v) is 21.9. The van der Waals surface area contributed by atoms with E-state index in [1.54, 1.807) is 46.8 Å². The van der Waals surface area contributed by atoms with E-state index >= 15 is 0 Å². The van der Waals surface area contributed by atoms with Crippen LogP contribution in [0.2, 0.25) is 0 Å². The number of nitrogens with one attached hydrogen (secondary N) is 2. The van der Waals surface area contributed by atoms with Crippen LogP contribution in [0.1, 0.15) is 57.4 Å². The molecule has 0 aliphatic rings. The molecule has 36 heavy (non-hydrogen) atoms. The van der Waals surface area contributed by atoms with Gasteiger partial charge in [-0.2, -0.15) is 5.26 Å². The van der Waals surface area contributed by atoms with Crippen LogP contribution in [0.4, 0.5) is 4.79 Å². The maximum atomic E-state index is 13.8. The lowest BCUT2D eigenvalue weighted by Crippen LogP contribution is -2.55. The van der Waals surface area contributed by atoms with E-state index in [4.69, 9.17) is 4.74 Å². The summed E-state index contributed by atoms with van der Waals surface area (Å²) in [7, 11) is 0. The lowest BCUT2D eigenvalue weighted by Gasteiger charge is -2.34. The summed E-state index contributed by atoms with van der Waals surface area (Å²) in [6, 6.07) is 16.6. The minimum Gasteiger partial charge on any atom is -0.444 e. The number of ether oxygens (including phenoxy) is 1. The fraction of sp³-hybridized carbons (Fsp3) is 0.429. The van der Waals surface area contributed by atoms with Gasteiger partial charge in [0.1, 0.15) is 24.2 Å². The molecule has 2 unspecified atom stereocenters. The fourth-order valence-electron chi connectivity index (χ4n) is 3.60. The predicted molar refractivity (Wildman–Crippen MR) is 138 cm³/mol. The van der Waals surface area contributed by atoms with Crippen LogP contribution in [0.15, 0.2) is 54.6 Å². The highest BCUT2D eigenvalue weighted by atomic mass is 16.6. The van der Waals surface area contributed by atoms with Gasteiger partial charge in [-0.3, -0.25) is 9.59 Å². The molecule has 0 saturated heterocycles. The number of alkyl carbamates (subject to hydrolysis) is 1. The van der Waals surface area contributed by atoms with Crippen LogP contribution in [-0.4, -0.2) is 41.0 Å². The quantitative estimate of drug-likeness (QED) is 0.508. The predicted octanol–water partition coefficient (Wildman–Crippen LogP) is 4.25.